The van der Waals surface area contributed by atoms with Crippen LogP contribution < -0.4 is 5.73 Å². The summed E-state index contributed by atoms with van der Waals surface area (Å²) in [7, 11) is 0. The maximum Gasteiger partial charge on any atom is 0.312 e. The lowest BCUT2D eigenvalue weighted by molar-refractivity contribution is -0.148. The highest BCUT2D eigenvalue weighted by Crippen LogP contribution is 2.33. The van der Waals surface area contributed by atoms with Crippen LogP contribution in [0.15, 0.2) is 0 Å². The number of primary amides is 1. The molecular weight excluding hydrogens is 184 g/mol. The molecule has 2 amide bonds. The van der Waals surface area contributed by atoms with E-state index in [1.54, 1.807) is 0 Å². The predicted molar refractivity (Wildman–Crippen MR) is 47.1 cm³/mol. The summed E-state index contributed by atoms with van der Waals surface area (Å²) in [6, 6.07) is -0.164. The van der Waals surface area contributed by atoms with Gasteiger partial charge in [-0.05, 0) is 12.8 Å². The first-order valence-electron chi connectivity index (χ1n) is 4.73. The van der Waals surface area contributed by atoms with Crippen LogP contribution in [0.3, 0.4) is 0 Å². The predicted octanol–water partition coefficient (Wildman–Crippen LogP) is -0.806. The molecule has 14 heavy (non-hydrogen) atoms. The molecule has 2 unspecified atom stereocenters. The normalized spacial score (nSPS) is 30.6. The van der Waals surface area contributed by atoms with Gasteiger partial charge in [0.15, 0.2) is 0 Å². The Morgan fingerprint density at radius 1 is 1.21 bits per heavy atom. The van der Waals surface area contributed by atoms with E-state index in [0.717, 1.165) is 12.8 Å². The van der Waals surface area contributed by atoms with E-state index in [1.807, 2.05) is 0 Å². The van der Waals surface area contributed by atoms with Crippen LogP contribution in [0.5, 0.6) is 0 Å². The van der Waals surface area contributed by atoms with Crippen molar-refractivity contribution in [2.75, 3.05) is 0 Å². The molecule has 0 aliphatic carbocycles. The smallest absolute Gasteiger partial charge is 0.312 e. The Hall–Kier alpha value is -1.39. The van der Waals surface area contributed by atoms with Crippen LogP contribution in [-0.4, -0.2) is 34.6 Å². The lowest BCUT2D eigenvalue weighted by Crippen LogP contribution is -2.51. The summed E-state index contributed by atoms with van der Waals surface area (Å²) in [6.07, 6.45) is 2.40. The summed E-state index contributed by atoms with van der Waals surface area (Å²) in [5.41, 5.74) is 4.94. The molecular formula is C9H12N2O3. The molecule has 2 saturated heterocycles. The molecule has 0 aromatic heterocycles. The molecule has 2 fully saturated rings. The minimum absolute atomic E-state index is 0.0822. The molecule has 0 radical (unpaired) electrons. The van der Waals surface area contributed by atoms with Crippen molar-refractivity contribution in [3.8, 4) is 0 Å². The summed E-state index contributed by atoms with van der Waals surface area (Å²) in [4.78, 5) is 34.9. The fourth-order valence-corrected chi connectivity index (χ4v) is 2.43. The number of hydrogen-bond acceptors (Lipinski definition) is 3. The average Bonchev–Trinajstić information content (AvgIpc) is 2.37. The van der Waals surface area contributed by atoms with Crippen molar-refractivity contribution in [1.29, 1.82) is 0 Å². The zero-order valence-corrected chi connectivity index (χ0v) is 7.73. The Morgan fingerprint density at radius 2 is 1.71 bits per heavy atom. The minimum atomic E-state index is -0.920. The number of carbonyl (C=O) groups is 3. The van der Waals surface area contributed by atoms with Gasteiger partial charge in [0.25, 0.3) is 0 Å². The van der Waals surface area contributed by atoms with Crippen molar-refractivity contribution in [2.24, 2.45) is 5.73 Å². The average molecular weight is 196 g/mol. The Bertz CT molecular complexity index is 297. The molecule has 2 N–H and O–H groups in total. The van der Waals surface area contributed by atoms with Crippen molar-refractivity contribution < 1.29 is 14.4 Å². The molecule has 2 aliphatic heterocycles. The number of nitrogens with zero attached hydrogens (tertiary/aromatic N) is 1. The van der Waals surface area contributed by atoms with E-state index in [1.165, 1.54) is 4.90 Å². The van der Waals surface area contributed by atoms with Crippen LogP contribution in [0.4, 0.5) is 0 Å². The highest BCUT2D eigenvalue weighted by Gasteiger charge is 2.43. The van der Waals surface area contributed by atoms with Crippen molar-refractivity contribution in [2.45, 2.75) is 37.8 Å². The number of Topliss-reactive ketones (excluding diaryl/α,β-unsaturated/α-hetero) is 1. The maximum atomic E-state index is 11.4. The van der Waals surface area contributed by atoms with E-state index >= 15 is 0 Å². The molecule has 2 aliphatic rings. The van der Waals surface area contributed by atoms with Gasteiger partial charge in [-0.15, -0.1) is 0 Å². The molecule has 2 heterocycles. The number of hydrogen-bond donors (Lipinski definition) is 1. The highest BCUT2D eigenvalue weighted by molar-refractivity contribution is 6.34. The van der Waals surface area contributed by atoms with Crippen LogP contribution >= 0.6 is 0 Å². The number of fused-ring (bicyclic) bond motifs is 2. The number of ketones is 1. The second-order valence-corrected chi connectivity index (χ2v) is 3.91. The van der Waals surface area contributed by atoms with Crippen molar-refractivity contribution in [3.05, 3.63) is 0 Å². The molecule has 0 aromatic carbocycles. The monoisotopic (exact) mass is 196 g/mol. The van der Waals surface area contributed by atoms with Crippen LogP contribution in [0.2, 0.25) is 0 Å². The van der Waals surface area contributed by atoms with Gasteiger partial charge in [0.1, 0.15) is 5.78 Å². The van der Waals surface area contributed by atoms with Gasteiger partial charge < -0.3 is 10.6 Å². The molecule has 0 spiro atoms. The van der Waals surface area contributed by atoms with Crippen LogP contribution in [0.1, 0.15) is 25.7 Å². The lowest BCUT2D eigenvalue weighted by Gasteiger charge is -2.32. The second-order valence-electron chi connectivity index (χ2n) is 3.91. The fraction of sp³-hybridized carbons (Fsp3) is 0.667. The van der Waals surface area contributed by atoms with Crippen molar-refractivity contribution in [3.63, 3.8) is 0 Å². The zero-order valence-electron chi connectivity index (χ0n) is 7.73. The summed E-state index contributed by atoms with van der Waals surface area (Å²) < 4.78 is 0. The second kappa shape index (κ2) is 3.08. The summed E-state index contributed by atoms with van der Waals surface area (Å²) in [5.74, 6) is -1.37. The maximum absolute atomic E-state index is 11.4. The molecule has 5 heteroatoms. The highest BCUT2D eigenvalue weighted by atomic mass is 16.2. The van der Waals surface area contributed by atoms with Gasteiger partial charge in [0, 0.05) is 24.9 Å². The minimum Gasteiger partial charge on any atom is -0.361 e. The third kappa shape index (κ3) is 1.29. The molecule has 5 nitrogen and oxygen atoms in total. The lowest BCUT2D eigenvalue weighted by atomic mass is 10.0. The molecule has 2 rings (SSSR count). The Labute approximate surface area is 81.2 Å². The van der Waals surface area contributed by atoms with Gasteiger partial charge in [0.2, 0.25) is 0 Å². The summed E-state index contributed by atoms with van der Waals surface area (Å²) >= 11 is 0. The fourth-order valence-electron chi connectivity index (χ4n) is 2.43. The molecule has 76 valence electrons. The summed E-state index contributed by atoms with van der Waals surface area (Å²) in [5, 5.41) is 0. The van der Waals surface area contributed by atoms with Crippen LogP contribution in [0, 0.1) is 0 Å². The van der Waals surface area contributed by atoms with Gasteiger partial charge in [-0.2, -0.15) is 0 Å². The molecule has 2 atom stereocenters. The SMILES string of the molecule is NC(=O)C(=O)N1C2CCC1CC(=O)C2. The Morgan fingerprint density at radius 3 is 2.14 bits per heavy atom. The van der Waals surface area contributed by atoms with Gasteiger partial charge >= 0.3 is 11.8 Å². The number of rotatable bonds is 0. The third-order valence-corrected chi connectivity index (χ3v) is 2.99. The van der Waals surface area contributed by atoms with Crippen LogP contribution in [-0.2, 0) is 14.4 Å². The third-order valence-electron chi connectivity index (χ3n) is 2.99. The molecule has 0 aromatic rings. The van der Waals surface area contributed by atoms with Gasteiger partial charge in [-0.25, -0.2) is 0 Å². The number of amides is 2. The number of carbonyl (C=O) groups excluding carboxylic acids is 3. The number of piperidine rings is 1. The molecule has 0 saturated carbocycles. The van der Waals surface area contributed by atoms with Gasteiger partial charge in [-0.1, -0.05) is 0 Å². The largest absolute Gasteiger partial charge is 0.361 e. The zero-order chi connectivity index (χ0) is 10.3. The topological polar surface area (TPSA) is 80.5 Å². The van der Waals surface area contributed by atoms with E-state index < -0.39 is 11.8 Å². The van der Waals surface area contributed by atoms with Crippen LogP contribution in [0.25, 0.3) is 0 Å². The first-order chi connectivity index (χ1) is 6.59. The van der Waals surface area contributed by atoms with E-state index in [9.17, 15) is 14.4 Å². The Balaban J connectivity index is 2.19. The first kappa shape index (κ1) is 9.18. The Kier molecular flexibility index (Phi) is 2.02. The van der Waals surface area contributed by atoms with Gasteiger partial charge in [-0.3, -0.25) is 14.4 Å². The quantitative estimate of drug-likeness (QED) is 0.515. The van der Waals surface area contributed by atoms with E-state index in [4.69, 9.17) is 5.73 Å². The van der Waals surface area contributed by atoms with Crippen molar-refractivity contribution in [1.82, 2.24) is 4.90 Å². The van der Waals surface area contributed by atoms with Gasteiger partial charge in [0.05, 0.1) is 0 Å². The summed E-state index contributed by atoms with van der Waals surface area (Å²) in [6.45, 7) is 0. The van der Waals surface area contributed by atoms with Crippen molar-refractivity contribution >= 4 is 17.6 Å². The number of nitrogens with two attached hydrogens (primary N) is 1. The standard InChI is InChI=1S/C9H12N2O3/c10-8(13)9(14)11-5-1-2-6(11)4-7(12)3-5/h5-6H,1-4H2,(H2,10,13). The van der Waals surface area contributed by atoms with E-state index in [-0.39, 0.29) is 17.9 Å². The molecule has 2 bridgehead atoms. The first-order valence-corrected chi connectivity index (χ1v) is 4.73. The van der Waals surface area contributed by atoms with E-state index in [0.29, 0.717) is 12.8 Å². The van der Waals surface area contributed by atoms with E-state index in [2.05, 4.69) is 0 Å².